The number of aromatic nitrogens is 1. The predicted octanol–water partition coefficient (Wildman–Crippen LogP) is 2.23. The van der Waals surface area contributed by atoms with Gasteiger partial charge in [0.1, 0.15) is 0 Å². The molecule has 0 bridgehead atoms. The standard InChI is InChI=1S/C12H20N2OS/c1-13-10(9-11-14-7-8-16-11)12(15-2)5-3-4-6-12/h7-8,10,13H,3-6,9H2,1-2H3. The second-order valence-electron chi connectivity index (χ2n) is 4.45. The highest BCUT2D eigenvalue weighted by Gasteiger charge is 2.41. The van der Waals surface area contributed by atoms with Crippen molar-refractivity contribution in [1.82, 2.24) is 10.3 Å². The van der Waals surface area contributed by atoms with Gasteiger partial charge in [-0.3, -0.25) is 0 Å². The van der Waals surface area contributed by atoms with Crippen molar-refractivity contribution in [1.29, 1.82) is 0 Å². The molecule has 0 aromatic carbocycles. The van der Waals surface area contributed by atoms with Crippen LogP contribution in [0.3, 0.4) is 0 Å². The maximum Gasteiger partial charge on any atom is 0.0941 e. The molecule has 1 aliphatic rings. The monoisotopic (exact) mass is 240 g/mol. The second kappa shape index (κ2) is 5.25. The molecule has 1 heterocycles. The fourth-order valence-corrected chi connectivity index (χ4v) is 3.41. The summed E-state index contributed by atoms with van der Waals surface area (Å²) in [5.41, 5.74) is 0.0282. The molecule has 0 saturated heterocycles. The van der Waals surface area contributed by atoms with Crippen molar-refractivity contribution in [3.8, 4) is 0 Å². The summed E-state index contributed by atoms with van der Waals surface area (Å²) in [6.07, 6.45) is 7.75. The van der Waals surface area contributed by atoms with Gasteiger partial charge in [-0.15, -0.1) is 11.3 Å². The number of thiazole rings is 1. The van der Waals surface area contributed by atoms with Crippen LogP contribution in [0.2, 0.25) is 0 Å². The average Bonchev–Trinajstić information content (AvgIpc) is 2.97. The first-order chi connectivity index (χ1) is 7.80. The molecule has 2 rings (SSSR count). The molecule has 16 heavy (non-hydrogen) atoms. The largest absolute Gasteiger partial charge is 0.377 e. The molecule has 1 saturated carbocycles. The minimum absolute atomic E-state index is 0.0282. The van der Waals surface area contributed by atoms with Crippen LogP contribution < -0.4 is 5.32 Å². The summed E-state index contributed by atoms with van der Waals surface area (Å²) in [6, 6.07) is 0.381. The van der Waals surface area contributed by atoms with E-state index in [-0.39, 0.29) is 5.60 Å². The summed E-state index contributed by atoms with van der Waals surface area (Å²) in [7, 11) is 3.87. The molecule has 0 spiro atoms. The van der Waals surface area contributed by atoms with Crippen molar-refractivity contribution in [2.45, 2.75) is 43.7 Å². The molecule has 0 amide bonds. The third-order valence-corrected chi connectivity index (χ3v) is 4.50. The summed E-state index contributed by atoms with van der Waals surface area (Å²) >= 11 is 1.73. The molecule has 1 aliphatic carbocycles. The predicted molar refractivity (Wildman–Crippen MR) is 66.9 cm³/mol. The number of likely N-dealkylation sites (N-methyl/N-ethyl adjacent to an activating group) is 1. The van der Waals surface area contributed by atoms with Gasteiger partial charge in [0.05, 0.1) is 10.6 Å². The highest BCUT2D eigenvalue weighted by Crippen LogP contribution is 2.36. The molecule has 1 N–H and O–H groups in total. The van der Waals surface area contributed by atoms with Crippen molar-refractivity contribution in [3.63, 3.8) is 0 Å². The third kappa shape index (κ3) is 2.29. The Kier molecular flexibility index (Phi) is 3.95. The molecular formula is C12H20N2OS. The van der Waals surface area contributed by atoms with Gasteiger partial charge in [0.2, 0.25) is 0 Å². The van der Waals surface area contributed by atoms with Crippen LogP contribution in [0.1, 0.15) is 30.7 Å². The zero-order valence-electron chi connectivity index (χ0n) is 10.0. The van der Waals surface area contributed by atoms with Gasteiger partial charge in [-0.25, -0.2) is 4.98 Å². The van der Waals surface area contributed by atoms with Gasteiger partial charge in [-0.1, -0.05) is 12.8 Å². The topological polar surface area (TPSA) is 34.2 Å². The number of ether oxygens (including phenoxy) is 1. The zero-order chi connectivity index (χ0) is 11.4. The van der Waals surface area contributed by atoms with Crippen molar-refractivity contribution in [3.05, 3.63) is 16.6 Å². The highest BCUT2D eigenvalue weighted by molar-refractivity contribution is 7.09. The Morgan fingerprint density at radius 1 is 1.56 bits per heavy atom. The van der Waals surface area contributed by atoms with E-state index in [1.807, 2.05) is 25.7 Å². The molecule has 0 aliphatic heterocycles. The van der Waals surface area contributed by atoms with E-state index in [9.17, 15) is 0 Å². The van der Waals surface area contributed by atoms with Gasteiger partial charge < -0.3 is 10.1 Å². The number of nitrogens with zero attached hydrogens (tertiary/aromatic N) is 1. The van der Waals surface area contributed by atoms with Crippen LogP contribution in [-0.2, 0) is 11.2 Å². The quantitative estimate of drug-likeness (QED) is 0.857. The number of nitrogens with one attached hydrogen (secondary N) is 1. The molecule has 0 radical (unpaired) electrons. The summed E-state index contributed by atoms with van der Waals surface area (Å²) < 4.78 is 5.81. The Morgan fingerprint density at radius 2 is 2.31 bits per heavy atom. The van der Waals surface area contributed by atoms with Gasteiger partial charge in [-0.05, 0) is 19.9 Å². The van der Waals surface area contributed by atoms with Crippen LogP contribution in [0.25, 0.3) is 0 Å². The Balaban J connectivity index is 2.08. The Morgan fingerprint density at radius 3 is 2.81 bits per heavy atom. The smallest absolute Gasteiger partial charge is 0.0941 e. The second-order valence-corrected chi connectivity index (χ2v) is 5.43. The first-order valence-electron chi connectivity index (χ1n) is 5.91. The van der Waals surface area contributed by atoms with E-state index in [1.165, 1.54) is 30.7 Å². The van der Waals surface area contributed by atoms with Crippen molar-refractivity contribution < 1.29 is 4.74 Å². The van der Waals surface area contributed by atoms with Crippen LogP contribution in [-0.4, -0.2) is 30.8 Å². The summed E-state index contributed by atoms with van der Waals surface area (Å²) in [4.78, 5) is 4.36. The lowest BCUT2D eigenvalue weighted by molar-refractivity contribution is -0.0336. The van der Waals surface area contributed by atoms with Crippen molar-refractivity contribution >= 4 is 11.3 Å². The van der Waals surface area contributed by atoms with E-state index >= 15 is 0 Å². The van der Waals surface area contributed by atoms with Gasteiger partial charge in [0, 0.05) is 31.1 Å². The molecule has 90 valence electrons. The molecule has 1 atom stereocenters. The lowest BCUT2D eigenvalue weighted by atomic mass is 9.90. The fraction of sp³-hybridized carbons (Fsp3) is 0.750. The molecule has 1 aromatic rings. The molecular weight excluding hydrogens is 220 g/mol. The molecule has 3 nitrogen and oxygen atoms in total. The minimum atomic E-state index is 0.0282. The Labute approximate surface area is 101 Å². The maximum absolute atomic E-state index is 5.81. The van der Waals surface area contributed by atoms with E-state index in [1.54, 1.807) is 11.3 Å². The van der Waals surface area contributed by atoms with Crippen LogP contribution in [0, 0.1) is 0 Å². The van der Waals surface area contributed by atoms with Crippen LogP contribution in [0.4, 0.5) is 0 Å². The number of hydrogen-bond donors (Lipinski definition) is 1. The van der Waals surface area contributed by atoms with Crippen molar-refractivity contribution in [2.75, 3.05) is 14.2 Å². The van der Waals surface area contributed by atoms with E-state index in [2.05, 4.69) is 10.3 Å². The van der Waals surface area contributed by atoms with Crippen molar-refractivity contribution in [2.24, 2.45) is 0 Å². The number of methoxy groups -OCH3 is 1. The highest BCUT2D eigenvalue weighted by atomic mass is 32.1. The van der Waals surface area contributed by atoms with Gasteiger partial charge in [0.25, 0.3) is 0 Å². The van der Waals surface area contributed by atoms with E-state index in [4.69, 9.17) is 4.74 Å². The normalized spacial score (nSPS) is 21.1. The van der Waals surface area contributed by atoms with E-state index in [0.717, 1.165) is 6.42 Å². The minimum Gasteiger partial charge on any atom is -0.377 e. The zero-order valence-corrected chi connectivity index (χ0v) is 10.8. The number of hydrogen-bond acceptors (Lipinski definition) is 4. The first-order valence-corrected chi connectivity index (χ1v) is 6.79. The van der Waals surface area contributed by atoms with Gasteiger partial charge in [0.15, 0.2) is 0 Å². The van der Waals surface area contributed by atoms with E-state index in [0.29, 0.717) is 6.04 Å². The van der Waals surface area contributed by atoms with E-state index < -0.39 is 0 Å². The van der Waals surface area contributed by atoms with Gasteiger partial charge >= 0.3 is 0 Å². The molecule has 1 aromatic heterocycles. The lowest BCUT2D eigenvalue weighted by Crippen LogP contribution is -2.50. The van der Waals surface area contributed by atoms with Crippen LogP contribution in [0.5, 0.6) is 0 Å². The first kappa shape index (κ1) is 12.0. The Hall–Kier alpha value is -0.450. The molecule has 1 fully saturated rings. The maximum atomic E-state index is 5.81. The molecule has 1 unspecified atom stereocenters. The summed E-state index contributed by atoms with van der Waals surface area (Å²) in [5.74, 6) is 0. The average molecular weight is 240 g/mol. The lowest BCUT2D eigenvalue weighted by Gasteiger charge is -2.36. The molecule has 4 heteroatoms. The van der Waals surface area contributed by atoms with Crippen LogP contribution >= 0.6 is 11.3 Å². The third-order valence-electron chi connectivity index (χ3n) is 3.70. The number of rotatable bonds is 5. The summed E-state index contributed by atoms with van der Waals surface area (Å²) in [6.45, 7) is 0. The van der Waals surface area contributed by atoms with Crippen LogP contribution in [0.15, 0.2) is 11.6 Å². The van der Waals surface area contributed by atoms with Gasteiger partial charge in [-0.2, -0.15) is 0 Å². The Bertz CT molecular complexity index is 307. The summed E-state index contributed by atoms with van der Waals surface area (Å²) in [5, 5.41) is 6.65. The SMILES string of the molecule is CNC(Cc1nccs1)C1(OC)CCCC1. The fourth-order valence-electron chi connectivity index (χ4n) is 2.75.